The predicted octanol–water partition coefficient (Wildman–Crippen LogP) is -2.13. The number of hydrogen-bond donors (Lipinski definition) is 4. The number of nitrogen functional groups attached to an aromatic ring is 2. The molecule has 6 N–H and O–H groups in total. The maximum atomic E-state index is 11.7. The van der Waals surface area contributed by atoms with Gasteiger partial charge in [0.25, 0.3) is 11.8 Å². The zero-order valence-corrected chi connectivity index (χ0v) is 9.57. The van der Waals surface area contributed by atoms with E-state index in [2.05, 4.69) is 15.3 Å². The molecule has 0 bridgehead atoms. The molecular formula is C9H10N8O2. The second-order valence-corrected chi connectivity index (χ2v) is 3.36. The standard InChI is InChI=1S/C9H10N8O2/c10-13-8(18)6-7(9(19)14-11)17(16-15-6)5-2-1-3-12-4-5/h1-4H,10-11H2,(H,13,18)(H,14,19). The van der Waals surface area contributed by atoms with Gasteiger partial charge in [0.05, 0.1) is 11.9 Å². The highest BCUT2D eigenvalue weighted by atomic mass is 16.2. The molecule has 2 amide bonds. The fourth-order valence-electron chi connectivity index (χ4n) is 1.44. The third kappa shape index (κ3) is 2.25. The molecule has 0 saturated heterocycles. The topological polar surface area (TPSA) is 154 Å². The molecule has 0 aliphatic rings. The maximum Gasteiger partial charge on any atom is 0.288 e. The maximum absolute atomic E-state index is 11.7. The molecule has 2 rings (SSSR count). The van der Waals surface area contributed by atoms with Crippen LogP contribution in [0.25, 0.3) is 5.69 Å². The molecule has 0 radical (unpaired) electrons. The van der Waals surface area contributed by atoms with Crippen molar-refractivity contribution in [2.75, 3.05) is 0 Å². The van der Waals surface area contributed by atoms with E-state index in [0.717, 1.165) is 4.68 Å². The fourth-order valence-corrected chi connectivity index (χ4v) is 1.44. The number of nitrogens with two attached hydrogens (primary N) is 2. The average Bonchev–Trinajstić information content (AvgIpc) is 2.91. The molecule has 0 fully saturated rings. The SMILES string of the molecule is NNC(=O)c1nnn(-c2cccnc2)c1C(=O)NN. The monoisotopic (exact) mass is 262 g/mol. The zero-order chi connectivity index (χ0) is 13.8. The van der Waals surface area contributed by atoms with Crippen LogP contribution in [0.2, 0.25) is 0 Å². The van der Waals surface area contributed by atoms with E-state index in [0.29, 0.717) is 5.69 Å². The number of hydrazine groups is 2. The minimum absolute atomic E-state index is 0.140. The molecule has 0 aromatic carbocycles. The summed E-state index contributed by atoms with van der Waals surface area (Å²) in [6.07, 6.45) is 3.00. The number of nitrogens with zero attached hydrogens (tertiary/aromatic N) is 4. The van der Waals surface area contributed by atoms with E-state index in [1.807, 2.05) is 10.9 Å². The van der Waals surface area contributed by atoms with Crippen molar-refractivity contribution in [2.45, 2.75) is 0 Å². The van der Waals surface area contributed by atoms with Gasteiger partial charge in [0.2, 0.25) is 0 Å². The lowest BCUT2D eigenvalue weighted by Gasteiger charge is -2.05. The second kappa shape index (κ2) is 5.20. The molecule has 0 atom stereocenters. The quantitative estimate of drug-likeness (QED) is 0.280. The van der Waals surface area contributed by atoms with E-state index in [1.54, 1.807) is 18.3 Å². The molecule has 2 aromatic rings. The number of nitrogens with one attached hydrogen (secondary N) is 2. The van der Waals surface area contributed by atoms with Crippen molar-refractivity contribution >= 4 is 11.8 Å². The third-order valence-electron chi connectivity index (χ3n) is 2.25. The number of carbonyl (C=O) groups is 2. The Morgan fingerprint density at radius 3 is 2.53 bits per heavy atom. The Balaban J connectivity index is 2.60. The minimum Gasteiger partial charge on any atom is -0.289 e. The van der Waals surface area contributed by atoms with Gasteiger partial charge in [-0.25, -0.2) is 16.4 Å². The lowest BCUT2D eigenvalue weighted by Crippen LogP contribution is -2.36. The first kappa shape index (κ1) is 12.6. The Hall–Kier alpha value is -2.85. The summed E-state index contributed by atoms with van der Waals surface area (Å²) >= 11 is 0. The highest BCUT2D eigenvalue weighted by molar-refractivity contribution is 6.04. The third-order valence-corrected chi connectivity index (χ3v) is 2.25. The number of pyridine rings is 1. The lowest BCUT2D eigenvalue weighted by molar-refractivity contribution is 0.0912. The van der Waals surface area contributed by atoms with Crippen LogP contribution in [0.1, 0.15) is 21.0 Å². The molecule has 0 spiro atoms. The molecular weight excluding hydrogens is 252 g/mol. The van der Waals surface area contributed by atoms with Crippen molar-refractivity contribution < 1.29 is 9.59 Å². The largest absolute Gasteiger partial charge is 0.289 e. The summed E-state index contributed by atoms with van der Waals surface area (Å²) in [5, 5.41) is 7.33. The Morgan fingerprint density at radius 1 is 1.21 bits per heavy atom. The normalized spacial score (nSPS) is 10.0. The number of amides is 2. The Morgan fingerprint density at radius 2 is 1.95 bits per heavy atom. The van der Waals surface area contributed by atoms with E-state index in [-0.39, 0.29) is 11.4 Å². The molecule has 0 saturated carbocycles. The lowest BCUT2D eigenvalue weighted by atomic mass is 10.2. The van der Waals surface area contributed by atoms with E-state index in [4.69, 9.17) is 11.7 Å². The van der Waals surface area contributed by atoms with Crippen LogP contribution < -0.4 is 22.5 Å². The molecule has 10 heteroatoms. The van der Waals surface area contributed by atoms with Crippen LogP contribution in [0.3, 0.4) is 0 Å². The molecule has 0 unspecified atom stereocenters. The van der Waals surface area contributed by atoms with Crippen LogP contribution in [-0.2, 0) is 0 Å². The molecule has 0 aliphatic heterocycles. The van der Waals surface area contributed by atoms with Crippen LogP contribution in [0.5, 0.6) is 0 Å². The number of rotatable bonds is 3. The summed E-state index contributed by atoms with van der Waals surface area (Å²) in [5.41, 5.74) is 3.86. The van der Waals surface area contributed by atoms with Crippen LogP contribution in [0.15, 0.2) is 24.5 Å². The number of hydrogen-bond acceptors (Lipinski definition) is 7. The van der Waals surface area contributed by atoms with Gasteiger partial charge in [-0.1, -0.05) is 5.21 Å². The predicted molar refractivity (Wildman–Crippen MR) is 62.5 cm³/mol. The Labute approximate surface area is 106 Å². The van der Waals surface area contributed by atoms with E-state index >= 15 is 0 Å². The molecule has 10 nitrogen and oxygen atoms in total. The van der Waals surface area contributed by atoms with Crippen molar-refractivity contribution in [3.05, 3.63) is 35.9 Å². The van der Waals surface area contributed by atoms with Crippen molar-refractivity contribution in [3.8, 4) is 5.69 Å². The summed E-state index contributed by atoms with van der Waals surface area (Å²) in [6.45, 7) is 0. The minimum atomic E-state index is -0.756. The summed E-state index contributed by atoms with van der Waals surface area (Å²) in [5.74, 6) is 8.60. The van der Waals surface area contributed by atoms with Gasteiger partial charge >= 0.3 is 0 Å². The van der Waals surface area contributed by atoms with Crippen molar-refractivity contribution in [1.82, 2.24) is 30.8 Å². The van der Waals surface area contributed by atoms with Gasteiger partial charge in [0.15, 0.2) is 11.4 Å². The summed E-state index contributed by atoms with van der Waals surface area (Å²) in [6, 6.07) is 3.28. The molecule has 98 valence electrons. The molecule has 0 aliphatic carbocycles. The number of aromatic nitrogens is 4. The van der Waals surface area contributed by atoms with Crippen LogP contribution in [0, 0.1) is 0 Å². The van der Waals surface area contributed by atoms with Crippen molar-refractivity contribution in [3.63, 3.8) is 0 Å². The fraction of sp³-hybridized carbons (Fsp3) is 0. The number of carbonyl (C=O) groups excluding carboxylic acids is 2. The first-order valence-corrected chi connectivity index (χ1v) is 5.07. The highest BCUT2D eigenvalue weighted by Gasteiger charge is 2.25. The van der Waals surface area contributed by atoms with Crippen molar-refractivity contribution in [1.29, 1.82) is 0 Å². The van der Waals surface area contributed by atoms with Crippen LogP contribution in [0.4, 0.5) is 0 Å². The zero-order valence-electron chi connectivity index (χ0n) is 9.57. The van der Waals surface area contributed by atoms with Gasteiger partial charge in [0, 0.05) is 6.20 Å². The van der Waals surface area contributed by atoms with E-state index < -0.39 is 11.8 Å². The first-order valence-electron chi connectivity index (χ1n) is 5.07. The molecule has 2 heterocycles. The van der Waals surface area contributed by atoms with Crippen LogP contribution >= 0.6 is 0 Å². The summed E-state index contributed by atoms with van der Waals surface area (Å²) in [7, 11) is 0. The van der Waals surface area contributed by atoms with Gasteiger partial charge < -0.3 is 0 Å². The van der Waals surface area contributed by atoms with Gasteiger partial charge in [-0.05, 0) is 12.1 Å². The van der Waals surface area contributed by atoms with Crippen LogP contribution in [-0.4, -0.2) is 31.8 Å². The van der Waals surface area contributed by atoms with E-state index in [9.17, 15) is 9.59 Å². The van der Waals surface area contributed by atoms with Gasteiger partial charge in [-0.15, -0.1) is 5.10 Å². The summed E-state index contributed by atoms with van der Waals surface area (Å²) < 4.78 is 1.14. The Bertz CT molecular complexity index is 608. The van der Waals surface area contributed by atoms with Gasteiger partial charge in [-0.2, -0.15) is 0 Å². The molecule has 19 heavy (non-hydrogen) atoms. The smallest absolute Gasteiger partial charge is 0.288 e. The van der Waals surface area contributed by atoms with Crippen molar-refractivity contribution in [2.24, 2.45) is 11.7 Å². The first-order chi connectivity index (χ1) is 9.19. The highest BCUT2D eigenvalue weighted by Crippen LogP contribution is 2.11. The molecule has 2 aromatic heterocycles. The second-order valence-electron chi connectivity index (χ2n) is 3.36. The Kier molecular flexibility index (Phi) is 3.45. The van der Waals surface area contributed by atoms with Gasteiger partial charge in [0.1, 0.15) is 0 Å². The van der Waals surface area contributed by atoms with E-state index in [1.165, 1.54) is 6.20 Å². The summed E-state index contributed by atoms with van der Waals surface area (Å²) in [4.78, 5) is 27.1. The van der Waals surface area contributed by atoms with Gasteiger partial charge in [-0.3, -0.25) is 25.4 Å². The average molecular weight is 262 g/mol.